The average Bonchev–Trinajstić information content (AvgIpc) is 3.93. The maximum Gasteiger partial charge on any atom is 0.326 e. The second-order valence-electron chi connectivity index (χ2n) is 17.7. The quantitative estimate of drug-likeness (QED) is 0.0313. The second kappa shape index (κ2) is 28.9. The number of primary amides is 1. The average molecular weight is 953 g/mol. The number of carbonyl (C=O) groups excluding carboxylic acids is 10. The van der Waals surface area contributed by atoms with Crippen molar-refractivity contribution in [2.75, 3.05) is 39.3 Å². The normalized spacial score (nSPS) is 18.9. The van der Waals surface area contributed by atoms with Gasteiger partial charge in [-0.15, -0.1) is 0 Å². The van der Waals surface area contributed by atoms with Gasteiger partial charge in [-0.3, -0.25) is 47.9 Å². The maximum absolute atomic E-state index is 13.4. The lowest BCUT2D eigenvalue weighted by molar-refractivity contribution is -0.144. The van der Waals surface area contributed by atoms with Crippen molar-refractivity contribution in [3.05, 3.63) is 0 Å². The van der Waals surface area contributed by atoms with Gasteiger partial charge in [-0.25, -0.2) is 4.79 Å². The molecule has 67 heavy (non-hydrogen) atoms. The molecule has 2 saturated heterocycles. The molecular weight excluding hydrogens is 881 g/mol. The Morgan fingerprint density at radius 2 is 1.25 bits per heavy atom. The summed E-state index contributed by atoms with van der Waals surface area (Å²) in [6, 6.07) is -7.70. The number of carbonyl (C=O) groups is 11. The summed E-state index contributed by atoms with van der Waals surface area (Å²) in [5, 5.41) is 41.9. The van der Waals surface area contributed by atoms with Crippen LogP contribution in [0.2, 0.25) is 0 Å². The van der Waals surface area contributed by atoms with Gasteiger partial charge in [0.1, 0.15) is 36.3 Å². The monoisotopic (exact) mass is 953 g/mol. The number of nitrogens with one attached hydrogen (secondary N) is 9. The number of unbranched alkanes of at least 4 members (excludes halogenated alkanes) is 1. The zero-order valence-corrected chi connectivity index (χ0v) is 39.1. The first-order chi connectivity index (χ1) is 31.5. The van der Waals surface area contributed by atoms with E-state index >= 15 is 0 Å². The zero-order valence-electron chi connectivity index (χ0n) is 39.1. The molecule has 0 aromatic rings. The summed E-state index contributed by atoms with van der Waals surface area (Å²) in [5.74, 6) is -8.65. The Bertz CT molecular complexity index is 1770. The van der Waals surface area contributed by atoms with Crippen LogP contribution in [0.25, 0.3) is 0 Å². The van der Waals surface area contributed by atoms with E-state index in [1.807, 2.05) is 0 Å². The van der Waals surface area contributed by atoms with Gasteiger partial charge in [0.2, 0.25) is 59.1 Å². The Hall–Kier alpha value is -5.95. The van der Waals surface area contributed by atoms with Gasteiger partial charge in [0.15, 0.2) is 0 Å². The van der Waals surface area contributed by atoms with E-state index in [0.717, 1.165) is 0 Å². The molecule has 0 radical (unpaired) electrons. The number of hydrogen-bond acceptors (Lipinski definition) is 14. The summed E-state index contributed by atoms with van der Waals surface area (Å²) in [6.07, 6.45) is 1.14. The highest BCUT2D eigenvalue weighted by Gasteiger charge is 2.36. The van der Waals surface area contributed by atoms with E-state index in [9.17, 15) is 63.0 Å². The number of nitrogens with two attached hydrogens (primary N) is 2. The van der Waals surface area contributed by atoms with Gasteiger partial charge < -0.3 is 74.4 Å². The predicted octanol–water partition coefficient (Wildman–Crippen LogP) is -4.94. The van der Waals surface area contributed by atoms with Crippen molar-refractivity contribution < 1.29 is 63.0 Å². The Kier molecular flexibility index (Phi) is 24.7. The minimum atomic E-state index is -1.35. The number of carboxylic acid groups (broad SMARTS) is 1. The fraction of sp³-hybridized carbons (Fsp3) is 0.738. The Morgan fingerprint density at radius 1 is 0.672 bits per heavy atom. The van der Waals surface area contributed by atoms with Crippen LogP contribution in [0.5, 0.6) is 0 Å². The fourth-order valence-electron chi connectivity index (χ4n) is 7.38. The van der Waals surface area contributed by atoms with Crippen molar-refractivity contribution in [3.63, 3.8) is 0 Å². The number of amides is 10. The van der Waals surface area contributed by atoms with Crippen LogP contribution in [-0.2, 0) is 52.7 Å². The summed E-state index contributed by atoms with van der Waals surface area (Å²) < 4.78 is 0. The number of β-amino-alcohol motifs (C(OH)–C–C–N with tert-alkyl or cyclic N) is 1. The van der Waals surface area contributed by atoms with Crippen molar-refractivity contribution in [2.24, 2.45) is 23.3 Å². The van der Waals surface area contributed by atoms with Crippen LogP contribution < -0.4 is 59.3 Å². The molecule has 0 bridgehead atoms. The molecule has 25 heteroatoms. The molecular formula is C42H72N12O13. The first kappa shape index (κ1) is 57.2. The molecule has 2 aliphatic heterocycles. The summed E-state index contributed by atoms with van der Waals surface area (Å²) in [6.45, 7) is 7.63. The van der Waals surface area contributed by atoms with Crippen molar-refractivity contribution in [1.82, 2.24) is 52.8 Å². The van der Waals surface area contributed by atoms with E-state index in [4.69, 9.17) is 11.5 Å². The molecule has 0 spiro atoms. The highest BCUT2D eigenvalue weighted by atomic mass is 16.4. The molecule has 10 amide bonds. The molecule has 0 aromatic heterocycles. The molecule has 2 fully saturated rings. The van der Waals surface area contributed by atoms with Gasteiger partial charge >= 0.3 is 5.97 Å². The lowest BCUT2D eigenvalue weighted by Crippen LogP contribution is -2.57. The van der Waals surface area contributed by atoms with Crippen LogP contribution in [0.1, 0.15) is 98.8 Å². The van der Waals surface area contributed by atoms with Crippen molar-refractivity contribution in [2.45, 2.75) is 147 Å². The third kappa shape index (κ3) is 21.0. The Morgan fingerprint density at radius 3 is 1.82 bits per heavy atom. The number of nitrogens with zero attached hydrogens (tertiary/aromatic N) is 1. The van der Waals surface area contributed by atoms with Gasteiger partial charge in [-0.1, -0.05) is 27.7 Å². The van der Waals surface area contributed by atoms with Crippen molar-refractivity contribution in [3.8, 4) is 0 Å². The van der Waals surface area contributed by atoms with E-state index < -0.39 is 133 Å². The van der Waals surface area contributed by atoms with E-state index in [1.54, 1.807) is 27.7 Å². The molecule has 0 aliphatic carbocycles. The standard InChI is InChI=1S/C42H72N12O13/c1-22(2)15-29(53-39(63)26(11-12-32(44)56)50-33(57)19-46-37(61)28-17-25(55)18-45-28)38(62)47-20-34(58)51-30(16-23(3)4)40(64)49-24(5)36(60)48-21-35(59)54-14-8-10-31(54)41(65)52-27(42(66)67)9-6-7-13-43/h22-31,45,55H,6-21,43H2,1-5H3,(H2,44,56)(H,46,61)(H,47,62)(H,48,60)(H,49,64)(H,50,57)(H,51,58)(H,52,65)(H,53,63)(H,66,67)/t24-,25+,26-,27-,28-,29-,30-,31-/m0/s1. The van der Waals surface area contributed by atoms with E-state index in [-0.39, 0.29) is 63.5 Å². The van der Waals surface area contributed by atoms with Crippen LogP contribution in [-0.4, -0.2) is 168 Å². The molecule has 0 aromatic carbocycles. The fourth-order valence-corrected chi connectivity index (χ4v) is 7.38. The van der Waals surface area contributed by atoms with E-state index in [1.165, 1.54) is 11.8 Å². The van der Waals surface area contributed by atoms with E-state index in [0.29, 0.717) is 32.2 Å². The van der Waals surface area contributed by atoms with Crippen molar-refractivity contribution in [1.29, 1.82) is 0 Å². The molecule has 378 valence electrons. The molecule has 2 aliphatic rings. The summed E-state index contributed by atoms with van der Waals surface area (Å²) in [4.78, 5) is 142. The lowest BCUT2D eigenvalue weighted by Gasteiger charge is -2.26. The Labute approximate surface area is 389 Å². The highest BCUT2D eigenvalue weighted by molar-refractivity contribution is 5.97. The van der Waals surface area contributed by atoms with Crippen LogP contribution >= 0.6 is 0 Å². The van der Waals surface area contributed by atoms with Gasteiger partial charge in [0, 0.05) is 19.5 Å². The summed E-state index contributed by atoms with van der Waals surface area (Å²) in [5.41, 5.74) is 10.8. The topological polar surface area (TPSA) is 392 Å². The number of aliphatic hydroxyl groups excluding tert-OH is 1. The number of rotatable bonds is 29. The molecule has 15 N–H and O–H groups in total. The van der Waals surface area contributed by atoms with Crippen molar-refractivity contribution >= 4 is 65.0 Å². The number of hydrogen-bond donors (Lipinski definition) is 13. The minimum Gasteiger partial charge on any atom is -0.480 e. The molecule has 25 nitrogen and oxygen atoms in total. The third-order valence-electron chi connectivity index (χ3n) is 10.9. The SMILES string of the molecule is CC(C)C[C@H](NC(=O)CNC(=O)[C@H](CC(C)C)NC(=O)[C@H](CCC(N)=O)NC(=O)CNC(=O)[C@@H]1C[C@@H](O)CN1)C(=O)N[C@@H](C)C(=O)NCC(=O)N1CCC[C@H]1C(=O)N[C@@H](CCCCN)C(=O)O. The lowest BCUT2D eigenvalue weighted by atomic mass is 10.0. The molecule has 2 rings (SSSR count). The predicted molar refractivity (Wildman–Crippen MR) is 239 cm³/mol. The van der Waals surface area contributed by atoms with Gasteiger partial charge in [-0.2, -0.15) is 0 Å². The number of likely N-dealkylation sites (tertiary alicyclic amines) is 1. The largest absolute Gasteiger partial charge is 0.480 e. The van der Waals surface area contributed by atoms with Crippen LogP contribution in [0, 0.1) is 11.8 Å². The molecule has 2 heterocycles. The Balaban J connectivity index is 1.98. The summed E-state index contributed by atoms with van der Waals surface area (Å²) >= 11 is 0. The first-order valence-corrected chi connectivity index (χ1v) is 22.8. The minimum absolute atomic E-state index is 0.0903. The smallest absolute Gasteiger partial charge is 0.326 e. The van der Waals surface area contributed by atoms with Gasteiger partial charge in [-0.05, 0) is 83.1 Å². The first-order valence-electron chi connectivity index (χ1n) is 22.8. The molecule has 0 saturated carbocycles. The molecule has 0 unspecified atom stereocenters. The van der Waals surface area contributed by atoms with Gasteiger partial charge in [0.25, 0.3) is 0 Å². The van der Waals surface area contributed by atoms with E-state index in [2.05, 4.69) is 47.9 Å². The second-order valence-corrected chi connectivity index (χ2v) is 17.7. The number of aliphatic carboxylic acids is 1. The van der Waals surface area contributed by atoms with Crippen LogP contribution in [0.3, 0.4) is 0 Å². The molecule has 8 atom stereocenters. The van der Waals surface area contributed by atoms with Crippen LogP contribution in [0.4, 0.5) is 0 Å². The van der Waals surface area contributed by atoms with Crippen LogP contribution in [0.15, 0.2) is 0 Å². The number of aliphatic hydroxyl groups is 1. The third-order valence-corrected chi connectivity index (χ3v) is 10.9. The maximum atomic E-state index is 13.4. The summed E-state index contributed by atoms with van der Waals surface area (Å²) in [7, 11) is 0. The van der Waals surface area contributed by atoms with Gasteiger partial charge in [0.05, 0.1) is 31.8 Å². The number of carboxylic acids is 1. The zero-order chi connectivity index (χ0) is 50.4. The highest BCUT2D eigenvalue weighted by Crippen LogP contribution is 2.18.